The van der Waals surface area contributed by atoms with Gasteiger partial charge in [0.05, 0.1) is 17.7 Å². The summed E-state index contributed by atoms with van der Waals surface area (Å²) < 4.78 is 24.9. The predicted octanol–water partition coefficient (Wildman–Crippen LogP) is 4.43. The summed E-state index contributed by atoms with van der Waals surface area (Å²) in [5, 5.41) is 9.41. The number of benzene rings is 2. The fourth-order valence-corrected chi connectivity index (χ4v) is 4.17. The maximum atomic E-state index is 13.4. The van der Waals surface area contributed by atoms with Gasteiger partial charge in [0.2, 0.25) is 0 Å². The van der Waals surface area contributed by atoms with Gasteiger partial charge in [0.25, 0.3) is 11.5 Å². The van der Waals surface area contributed by atoms with Crippen LogP contribution in [-0.2, 0) is 9.53 Å². The van der Waals surface area contributed by atoms with Crippen molar-refractivity contribution in [2.45, 2.75) is 6.92 Å². The molecule has 0 unspecified atom stereocenters. The quantitative estimate of drug-likeness (QED) is 0.376. The molecule has 0 atom stereocenters. The van der Waals surface area contributed by atoms with Gasteiger partial charge in [-0.25, -0.2) is 9.18 Å². The van der Waals surface area contributed by atoms with E-state index in [1.54, 1.807) is 36.6 Å². The lowest BCUT2D eigenvalue weighted by molar-refractivity contribution is -0.118. The minimum absolute atomic E-state index is 0.0761. The van der Waals surface area contributed by atoms with Gasteiger partial charge < -0.3 is 14.8 Å². The predicted molar refractivity (Wildman–Crippen MR) is 127 cm³/mol. The van der Waals surface area contributed by atoms with Gasteiger partial charge in [-0.15, -0.1) is 11.3 Å². The lowest BCUT2D eigenvalue weighted by Crippen LogP contribution is -2.26. The van der Waals surface area contributed by atoms with Crippen LogP contribution in [0.4, 0.5) is 9.39 Å². The Morgan fingerprint density at radius 1 is 1.15 bits per heavy atom. The van der Waals surface area contributed by atoms with Crippen LogP contribution in [0, 0.1) is 5.82 Å². The molecule has 34 heavy (non-hydrogen) atoms. The first-order chi connectivity index (χ1) is 16.4. The fourth-order valence-electron chi connectivity index (χ4n) is 3.09. The van der Waals surface area contributed by atoms with E-state index in [2.05, 4.69) is 10.4 Å². The second-order valence-electron chi connectivity index (χ2n) is 6.91. The molecule has 2 aromatic heterocycles. The van der Waals surface area contributed by atoms with E-state index >= 15 is 0 Å². The topological polar surface area (TPSA) is 99.5 Å². The van der Waals surface area contributed by atoms with Crippen molar-refractivity contribution in [1.29, 1.82) is 0 Å². The summed E-state index contributed by atoms with van der Waals surface area (Å²) in [6, 6.07) is 11.5. The van der Waals surface area contributed by atoms with Crippen molar-refractivity contribution < 1.29 is 23.5 Å². The van der Waals surface area contributed by atoms with Crippen molar-refractivity contribution in [3.63, 3.8) is 0 Å². The van der Waals surface area contributed by atoms with Crippen molar-refractivity contribution in [3.8, 4) is 11.4 Å². The van der Waals surface area contributed by atoms with Gasteiger partial charge >= 0.3 is 5.97 Å². The molecule has 174 valence electrons. The Hall–Kier alpha value is -3.76. The SMILES string of the molecule is CCOC(=O)c1nn(-c2ccc(F)cc2)c(=O)c2c(NC(=O)COc3ccc(Cl)cc3)scc12. The Morgan fingerprint density at radius 3 is 2.53 bits per heavy atom. The first kappa shape index (κ1) is 23.4. The number of ether oxygens (including phenoxy) is 2. The zero-order valence-electron chi connectivity index (χ0n) is 17.7. The van der Waals surface area contributed by atoms with Crippen molar-refractivity contribution in [1.82, 2.24) is 9.78 Å². The smallest absolute Gasteiger partial charge is 0.359 e. The first-order valence-electron chi connectivity index (χ1n) is 10.0. The lowest BCUT2D eigenvalue weighted by atomic mass is 10.2. The number of nitrogens with one attached hydrogen (secondary N) is 1. The van der Waals surface area contributed by atoms with Crippen LogP contribution in [0.25, 0.3) is 16.5 Å². The van der Waals surface area contributed by atoms with Gasteiger partial charge in [-0.2, -0.15) is 9.78 Å². The number of anilines is 1. The zero-order chi connectivity index (χ0) is 24.2. The molecule has 0 aliphatic rings. The second-order valence-corrected chi connectivity index (χ2v) is 8.22. The number of nitrogens with zero attached hydrogens (tertiary/aromatic N) is 2. The molecular formula is C23H17ClFN3O5S. The summed E-state index contributed by atoms with van der Waals surface area (Å²) in [5.74, 6) is -1.29. The molecule has 1 amide bonds. The molecule has 8 nitrogen and oxygen atoms in total. The highest BCUT2D eigenvalue weighted by molar-refractivity contribution is 7.16. The van der Waals surface area contributed by atoms with Crippen LogP contribution >= 0.6 is 22.9 Å². The Kier molecular flexibility index (Phi) is 6.90. The van der Waals surface area contributed by atoms with Crippen LogP contribution in [0.1, 0.15) is 17.4 Å². The van der Waals surface area contributed by atoms with Crippen LogP contribution in [-0.4, -0.2) is 34.9 Å². The Balaban J connectivity index is 1.70. The molecule has 0 spiro atoms. The number of esters is 1. The van der Waals surface area contributed by atoms with E-state index < -0.39 is 23.3 Å². The van der Waals surface area contributed by atoms with Gasteiger partial charge in [0.15, 0.2) is 12.3 Å². The molecular weight excluding hydrogens is 485 g/mol. The third-order valence-corrected chi connectivity index (χ3v) is 5.78. The summed E-state index contributed by atoms with van der Waals surface area (Å²) >= 11 is 6.90. The number of rotatable bonds is 7. The monoisotopic (exact) mass is 501 g/mol. The summed E-state index contributed by atoms with van der Waals surface area (Å²) in [5.41, 5.74) is -0.451. The fraction of sp³-hybridized carbons (Fsp3) is 0.130. The number of aromatic nitrogens is 2. The van der Waals surface area contributed by atoms with Crippen molar-refractivity contribution >= 4 is 50.6 Å². The van der Waals surface area contributed by atoms with E-state index in [-0.39, 0.29) is 40.4 Å². The number of halogens is 2. The van der Waals surface area contributed by atoms with Gasteiger partial charge in [0, 0.05) is 15.8 Å². The zero-order valence-corrected chi connectivity index (χ0v) is 19.3. The molecule has 0 saturated heterocycles. The van der Waals surface area contributed by atoms with E-state index in [0.717, 1.165) is 16.0 Å². The Bertz CT molecular complexity index is 1420. The maximum absolute atomic E-state index is 13.4. The first-order valence-corrected chi connectivity index (χ1v) is 11.3. The van der Waals surface area contributed by atoms with Crippen LogP contribution in [0.5, 0.6) is 5.75 Å². The molecule has 4 rings (SSSR count). The highest BCUT2D eigenvalue weighted by atomic mass is 35.5. The van der Waals surface area contributed by atoms with E-state index in [1.807, 2.05) is 0 Å². The molecule has 2 heterocycles. The number of amides is 1. The lowest BCUT2D eigenvalue weighted by Gasteiger charge is -2.10. The van der Waals surface area contributed by atoms with Crippen molar-refractivity contribution in [3.05, 3.63) is 80.8 Å². The van der Waals surface area contributed by atoms with Gasteiger partial charge in [-0.05, 0) is 55.5 Å². The van der Waals surface area contributed by atoms with Crippen molar-refractivity contribution in [2.24, 2.45) is 0 Å². The average molecular weight is 502 g/mol. The molecule has 0 saturated carbocycles. The summed E-state index contributed by atoms with van der Waals surface area (Å²) in [6.45, 7) is 1.43. The van der Waals surface area contributed by atoms with E-state index in [4.69, 9.17) is 21.1 Å². The maximum Gasteiger partial charge on any atom is 0.359 e. The molecule has 0 fully saturated rings. The molecule has 2 aromatic carbocycles. The highest BCUT2D eigenvalue weighted by Gasteiger charge is 2.23. The number of hydrogen-bond acceptors (Lipinski definition) is 7. The molecule has 0 aliphatic heterocycles. The number of carbonyl (C=O) groups is 2. The number of hydrogen-bond donors (Lipinski definition) is 1. The number of fused-ring (bicyclic) bond motifs is 1. The molecule has 1 N–H and O–H groups in total. The Morgan fingerprint density at radius 2 is 1.85 bits per heavy atom. The third kappa shape index (κ3) is 4.92. The van der Waals surface area contributed by atoms with Crippen molar-refractivity contribution in [2.75, 3.05) is 18.5 Å². The van der Waals surface area contributed by atoms with E-state index in [0.29, 0.717) is 10.8 Å². The largest absolute Gasteiger partial charge is 0.484 e. The molecule has 11 heteroatoms. The molecule has 0 aliphatic carbocycles. The van der Waals surface area contributed by atoms with Crippen LogP contribution in [0.3, 0.4) is 0 Å². The number of carbonyl (C=O) groups excluding carboxylic acids is 2. The van der Waals surface area contributed by atoms with Gasteiger partial charge in [-0.1, -0.05) is 11.6 Å². The van der Waals surface area contributed by atoms with Crippen LogP contribution in [0.2, 0.25) is 5.02 Å². The second kappa shape index (κ2) is 10.0. The van der Waals surface area contributed by atoms with Gasteiger partial charge in [-0.3, -0.25) is 9.59 Å². The minimum Gasteiger partial charge on any atom is -0.484 e. The summed E-state index contributed by atoms with van der Waals surface area (Å²) in [7, 11) is 0. The standard InChI is InChI=1S/C23H17ClFN3O5S/c1-2-32-23(31)20-17-12-34-21(26-18(29)11-33-16-9-3-13(24)4-10-16)19(17)22(30)28(27-20)15-7-5-14(25)6-8-15/h3-10,12H,2,11H2,1H3,(H,26,29). The molecule has 0 bridgehead atoms. The van der Waals surface area contributed by atoms with Crippen LogP contribution in [0.15, 0.2) is 58.7 Å². The summed E-state index contributed by atoms with van der Waals surface area (Å²) in [4.78, 5) is 38.3. The molecule has 4 aromatic rings. The van der Waals surface area contributed by atoms with E-state index in [9.17, 15) is 18.8 Å². The van der Waals surface area contributed by atoms with E-state index in [1.165, 1.54) is 24.3 Å². The van der Waals surface area contributed by atoms with Gasteiger partial charge in [0.1, 0.15) is 16.6 Å². The van der Waals surface area contributed by atoms with Crippen LogP contribution < -0.4 is 15.6 Å². The molecule has 0 radical (unpaired) electrons. The summed E-state index contributed by atoms with van der Waals surface area (Å²) in [6.07, 6.45) is 0. The normalized spacial score (nSPS) is 10.8. The highest BCUT2D eigenvalue weighted by Crippen LogP contribution is 2.30. The Labute approximate surface area is 201 Å². The minimum atomic E-state index is -0.731. The average Bonchev–Trinajstić information content (AvgIpc) is 3.24. The number of thiophene rings is 1. The third-order valence-electron chi connectivity index (χ3n) is 4.63.